The molecule has 0 aliphatic carbocycles. The summed E-state index contributed by atoms with van der Waals surface area (Å²) in [4.78, 5) is 4.25. The van der Waals surface area contributed by atoms with Gasteiger partial charge in [-0.25, -0.2) is 13.4 Å². The van der Waals surface area contributed by atoms with Crippen molar-refractivity contribution in [2.75, 3.05) is 20.1 Å². The van der Waals surface area contributed by atoms with Crippen LogP contribution >= 0.6 is 12.4 Å². The number of aryl methyl sites for hydroxylation is 1. The van der Waals surface area contributed by atoms with Crippen molar-refractivity contribution in [2.24, 2.45) is 0 Å². The number of aromatic nitrogens is 2. The number of rotatable bonds is 4. The smallest absolute Gasteiger partial charge is 0.260 e. The van der Waals surface area contributed by atoms with Crippen LogP contribution in [0, 0.1) is 0 Å². The van der Waals surface area contributed by atoms with Gasteiger partial charge in [0.1, 0.15) is 5.82 Å². The molecule has 8 heteroatoms. The lowest BCUT2D eigenvalue weighted by atomic mass is 10.2. The van der Waals surface area contributed by atoms with E-state index in [9.17, 15) is 8.42 Å². The molecule has 0 radical (unpaired) electrons. The lowest BCUT2D eigenvalue weighted by Crippen LogP contribution is -2.41. The molecule has 20 heavy (non-hydrogen) atoms. The second-order valence-electron chi connectivity index (χ2n) is 5.24. The summed E-state index contributed by atoms with van der Waals surface area (Å²) in [5.74, 6) is 0.905. The van der Waals surface area contributed by atoms with Gasteiger partial charge in [0.05, 0.1) is 6.20 Å². The molecular formula is C12H21ClN4O2S. The second kappa shape index (κ2) is 6.01. The molecule has 0 saturated carbocycles. The van der Waals surface area contributed by atoms with Crippen molar-refractivity contribution in [1.82, 2.24) is 19.2 Å². The number of hydrogen-bond acceptors (Lipinski definition) is 4. The maximum absolute atomic E-state index is 12.8. The molecule has 0 amide bonds. The van der Waals surface area contributed by atoms with Crippen molar-refractivity contribution in [2.45, 2.75) is 43.3 Å². The van der Waals surface area contributed by atoms with Gasteiger partial charge < -0.3 is 9.88 Å². The van der Waals surface area contributed by atoms with Gasteiger partial charge in [-0.15, -0.1) is 12.4 Å². The van der Waals surface area contributed by atoms with Crippen LogP contribution in [-0.2, 0) is 23.0 Å². The van der Waals surface area contributed by atoms with E-state index < -0.39 is 10.0 Å². The third kappa shape index (κ3) is 2.47. The molecule has 1 N–H and O–H groups in total. The molecule has 2 aliphatic rings. The fourth-order valence-corrected chi connectivity index (χ4v) is 4.96. The van der Waals surface area contributed by atoms with Crippen LogP contribution in [0.15, 0.2) is 11.2 Å². The SMILES string of the molecule is CNCC1CCCN1S(=O)(=O)c1cnc2n1CCC2.Cl. The standard InChI is InChI=1S/C12H20N4O2S.ClH/c1-13-8-10-4-2-7-16(10)19(17,18)12-9-14-11-5-3-6-15(11)12;/h9-10,13H,2-8H2,1H3;1H. The Labute approximate surface area is 126 Å². The zero-order valence-corrected chi connectivity index (χ0v) is 13.2. The summed E-state index contributed by atoms with van der Waals surface area (Å²) >= 11 is 0. The normalized spacial score (nSPS) is 22.8. The van der Waals surface area contributed by atoms with Gasteiger partial charge in [0.15, 0.2) is 5.03 Å². The Kier molecular flexibility index (Phi) is 4.73. The zero-order chi connectivity index (χ0) is 13.5. The number of hydrogen-bond donors (Lipinski definition) is 1. The fraction of sp³-hybridized carbons (Fsp3) is 0.750. The molecule has 1 saturated heterocycles. The summed E-state index contributed by atoms with van der Waals surface area (Å²) in [6, 6.07) is 0.0718. The van der Waals surface area contributed by atoms with Crippen LogP contribution in [0.1, 0.15) is 25.1 Å². The molecule has 1 aromatic rings. The number of imidazole rings is 1. The Balaban J connectivity index is 0.00000147. The largest absolute Gasteiger partial charge is 0.318 e. The first-order chi connectivity index (χ1) is 9.14. The summed E-state index contributed by atoms with van der Waals surface area (Å²) in [7, 11) is -1.54. The number of sulfonamides is 1. The van der Waals surface area contributed by atoms with Gasteiger partial charge >= 0.3 is 0 Å². The molecule has 3 rings (SSSR count). The van der Waals surface area contributed by atoms with Crippen LogP contribution in [0.4, 0.5) is 0 Å². The monoisotopic (exact) mass is 320 g/mol. The Morgan fingerprint density at radius 2 is 2.20 bits per heavy atom. The number of nitrogens with zero attached hydrogens (tertiary/aromatic N) is 3. The molecule has 0 aromatic carbocycles. The zero-order valence-electron chi connectivity index (χ0n) is 11.6. The van der Waals surface area contributed by atoms with Gasteiger partial charge in [0, 0.05) is 32.1 Å². The Morgan fingerprint density at radius 3 is 2.95 bits per heavy atom. The molecule has 1 atom stereocenters. The van der Waals surface area contributed by atoms with E-state index in [0.717, 1.165) is 38.1 Å². The lowest BCUT2D eigenvalue weighted by Gasteiger charge is -2.23. The highest BCUT2D eigenvalue weighted by molar-refractivity contribution is 7.89. The summed E-state index contributed by atoms with van der Waals surface area (Å²) in [6.45, 7) is 2.10. The minimum absolute atomic E-state index is 0. The average Bonchev–Trinajstić information content (AvgIpc) is 3.03. The fourth-order valence-electron chi connectivity index (χ4n) is 3.12. The van der Waals surface area contributed by atoms with Gasteiger partial charge in [0.2, 0.25) is 0 Å². The summed E-state index contributed by atoms with van der Waals surface area (Å²) in [5, 5.41) is 3.46. The van der Waals surface area contributed by atoms with Crippen molar-refractivity contribution in [1.29, 1.82) is 0 Å². The maximum atomic E-state index is 12.8. The molecule has 0 spiro atoms. The predicted octanol–water partition coefficient (Wildman–Crippen LogP) is 0.624. The van der Waals surface area contributed by atoms with Gasteiger partial charge in [-0.2, -0.15) is 4.31 Å². The molecule has 0 bridgehead atoms. The van der Waals surface area contributed by atoms with Gasteiger partial charge in [-0.3, -0.25) is 0 Å². The first-order valence-corrected chi connectivity index (χ1v) is 8.29. The van der Waals surface area contributed by atoms with Crippen molar-refractivity contribution in [3.05, 3.63) is 12.0 Å². The van der Waals surface area contributed by atoms with Crippen molar-refractivity contribution < 1.29 is 8.42 Å². The lowest BCUT2D eigenvalue weighted by molar-refractivity contribution is 0.375. The van der Waals surface area contributed by atoms with E-state index in [1.165, 1.54) is 6.20 Å². The third-order valence-electron chi connectivity index (χ3n) is 4.02. The van der Waals surface area contributed by atoms with Gasteiger partial charge in [0.25, 0.3) is 10.0 Å². The quantitative estimate of drug-likeness (QED) is 0.883. The van der Waals surface area contributed by atoms with E-state index in [4.69, 9.17) is 0 Å². The molecule has 2 aliphatic heterocycles. The maximum Gasteiger partial charge on any atom is 0.260 e. The van der Waals surface area contributed by atoms with E-state index in [0.29, 0.717) is 18.1 Å². The highest BCUT2D eigenvalue weighted by Crippen LogP contribution is 2.28. The van der Waals surface area contributed by atoms with E-state index in [1.54, 1.807) is 4.31 Å². The van der Waals surface area contributed by atoms with E-state index in [2.05, 4.69) is 10.3 Å². The van der Waals surface area contributed by atoms with Crippen LogP contribution in [0.2, 0.25) is 0 Å². The van der Waals surface area contributed by atoms with Crippen LogP contribution in [-0.4, -0.2) is 48.5 Å². The molecule has 6 nitrogen and oxygen atoms in total. The van der Waals surface area contributed by atoms with Crippen LogP contribution in [0.5, 0.6) is 0 Å². The van der Waals surface area contributed by atoms with E-state index in [1.807, 2.05) is 11.6 Å². The van der Waals surface area contributed by atoms with Crippen LogP contribution in [0.25, 0.3) is 0 Å². The summed E-state index contributed by atoms with van der Waals surface area (Å²) < 4.78 is 29.1. The predicted molar refractivity (Wildman–Crippen MR) is 78.6 cm³/mol. The molecule has 1 fully saturated rings. The minimum atomic E-state index is -3.40. The average molecular weight is 321 g/mol. The summed E-state index contributed by atoms with van der Waals surface area (Å²) in [5.41, 5.74) is 0. The molecule has 114 valence electrons. The van der Waals surface area contributed by atoms with Crippen LogP contribution in [0.3, 0.4) is 0 Å². The van der Waals surface area contributed by atoms with Gasteiger partial charge in [-0.05, 0) is 26.3 Å². The minimum Gasteiger partial charge on any atom is -0.318 e. The summed E-state index contributed by atoms with van der Waals surface area (Å²) in [6.07, 6.45) is 5.27. The number of halogens is 1. The topological polar surface area (TPSA) is 67.2 Å². The van der Waals surface area contributed by atoms with Gasteiger partial charge in [-0.1, -0.05) is 0 Å². The number of fused-ring (bicyclic) bond motifs is 1. The van der Waals surface area contributed by atoms with Crippen LogP contribution < -0.4 is 5.32 Å². The van der Waals surface area contributed by atoms with E-state index >= 15 is 0 Å². The highest BCUT2D eigenvalue weighted by Gasteiger charge is 2.37. The number of likely N-dealkylation sites (N-methyl/N-ethyl adjacent to an activating group) is 1. The molecule has 1 aromatic heterocycles. The van der Waals surface area contributed by atoms with E-state index in [-0.39, 0.29) is 18.4 Å². The first-order valence-electron chi connectivity index (χ1n) is 6.85. The number of nitrogens with one attached hydrogen (secondary N) is 1. The third-order valence-corrected chi connectivity index (χ3v) is 5.97. The Morgan fingerprint density at radius 1 is 1.40 bits per heavy atom. The molecular weight excluding hydrogens is 300 g/mol. The molecule has 1 unspecified atom stereocenters. The molecule has 3 heterocycles. The first kappa shape index (κ1) is 15.8. The highest BCUT2D eigenvalue weighted by atomic mass is 35.5. The Hall–Kier alpha value is -0.630. The Bertz CT molecular complexity index is 572. The van der Waals surface area contributed by atoms with Crippen molar-refractivity contribution in [3.8, 4) is 0 Å². The van der Waals surface area contributed by atoms with Crippen molar-refractivity contribution >= 4 is 22.4 Å². The second-order valence-corrected chi connectivity index (χ2v) is 7.07. The van der Waals surface area contributed by atoms with Crippen molar-refractivity contribution in [3.63, 3.8) is 0 Å².